The van der Waals surface area contributed by atoms with Crippen molar-refractivity contribution < 1.29 is 27.6 Å². The monoisotopic (exact) mass is 392 g/mol. The molecule has 0 spiro atoms. The molecule has 1 fully saturated rings. The van der Waals surface area contributed by atoms with Crippen LogP contribution in [-0.2, 0) is 4.79 Å². The van der Waals surface area contributed by atoms with Crippen molar-refractivity contribution in [2.45, 2.75) is 24.8 Å². The van der Waals surface area contributed by atoms with E-state index in [-0.39, 0.29) is 5.56 Å². The number of carbonyl (C=O) groups is 3. The van der Waals surface area contributed by atoms with Crippen molar-refractivity contribution in [2.75, 3.05) is 0 Å². The fourth-order valence-electron chi connectivity index (χ4n) is 2.87. The number of aromatic nitrogens is 1. The smallest absolute Gasteiger partial charge is 0.314 e. The molecule has 0 bridgehead atoms. The Kier molecular flexibility index (Phi) is 4.80. The molecule has 1 aromatic heterocycles. The maximum Gasteiger partial charge on any atom is 0.440 e. The van der Waals surface area contributed by atoms with Crippen LogP contribution in [0.3, 0.4) is 0 Å². The summed E-state index contributed by atoms with van der Waals surface area (Å²) in [6, 6.07) is 8.25. The van der Waals surface area contributed by atoms with Crippen LogP contribution in [0.15, 0.2) is 54.9 Å². The second kappa shape index (κ2) is 6.95. The van der Waals surface area contributed by atoms with Crippen molar-refractivity contribution in [1.82, 2.24) is 20.5 Å². The largest absolute Gasteiger partial charge is 0.440 e. The minimum Gasteiger partial charge on any atom is -0.314 e. The molecule has 0 radical (unpaired) electrons. The molecule has 146 valence electrons. The van der Waals surface area contributed by atoms with Crippen molar-refractivity contribution >= 4 is 17.8 Å². The van der Waals surface area contributed by atoms with Gasteiger partial charge in [-0.25, -0.2) is 4.79 Å². The van der Waals surface area contributed by atoms with Crippen LogP contribution < -0.4 is 10.6 Å². The average molecular weight is 392 g/mol. The number of carbonyl (C=O) groups excluding carboxylic acids is 3. The number of urea groups is 1. The Morgan fingerprint density at radius 3 is 2.32 bits per heavy atom. The quantitative estimate of drug-likeness (QED) is 0.782. The number of halogens is 3. The van der Waals surface area contributed by atoms with Gasteiger partial charge in [-0.05, 0) is 24.6 Å². The number of benzene rings is 1. The molecule has 1 aliphatic rings. The Morgan fingerprint density at radius 2 is 1.75 bits per heavy atom. The summed E-state index contributed by atoms with van der Waals surface area (Å²) >= 11 is 0. The molecule has 1 aromatic carbocycles. The number of amides is 4. The van der Waals surface area contributed by atoms with E-state index in [1.807, 2.05) is 0 Å². The zero-order valence-corrected chi connectivity index (χ0v) is 14.5. The van der Waals surface area contributed by atoms with Crippen molar-refractivity contribution in [1.29, 1.82) is 0 Å². The molecule has 2 N–H and O–H groups in total. The minimum absolute atomic E-state index is 0.143. The lowest BCUT2D eigenvalue weighted by Gasteiger charge is -2.30. The number of nitrogens with zero attached hydrogens (tertiary/aromatic N) is 2. The van der Waals surface area contributed by atoms with Gasteiger partial charge in [-0.15, -0.1) is 0 Å². The first-order valence-corrected chi connectivity index (χ1v) is 8.17. The third-order valence-corrected chi connectivity index (χ3v) is 4.39. The fraction of sp³-hybridized carbons (Fsp3) is 0.222. The Bertz CT molecular complexity index is 905. The van der Waals surface area contributed by atoms with E-state index in [4.69, 9.17) is 0 Å². The van der Waals surface area contributed by atoms with E-state index in [0.29, 0.717) is 10.5 Å². The first kappa shape index (κ1) is 19.3. The highest BCUT2D eigenvalue weighted by atomic mass is 19.4. The summed E-state index contributed by atoms with van der Waals surface area (Å²) in [6.07, 6.45) is -2.84. The molecule has 2 aromatic rings. The molecular weight excluding hydrogens is 377 g/mol. The first-order valence-electron chi connectivity index (χ1n) is 8.17. The number of alkyl halides is 3. The summed E-state index contributed by atoms with van der Waals surface area (Å²) in [5.74, 6) is -2.79. The maximum atomic E-state index is 13.9. The van der Waals surface area contributed by atoms with Crippen molar-refractivity contribution in [3.05, 3.63) is 66.0 Å². The Morgan fingerprint density at radius 1 is 1.14 bits per heavy atom. The molecule has 3 rings (SSSR count). The minimum atomic E-state index is -5.27. The molecule has 7 nitrogen and oxygen atoms in total. The van der Waals surface area contributed by atoms with Gasteiger partial charge >= 0.3 is 12.2 Å². The van der Waals surface area contributed by atoms with Gasteiger partial charge in [-0.3, -0.25) is 24.8 Å². The molecule has 1 unspecified atom stereocenters. The van der Waals surface area contributed by atoms with Crippen LogP contribution in [0.5, 0.6) is 0 Å². The van der Waals surface area contributed by atoms with Crippen LogP contribution >= 0.6 is 0 Å². The number of hydrogen-bond donors (Lipinski definition) is 2. The zero-order valence-electron chi connectivity index (χ0n) is 14.5. The number of pyridine rings is 1. The van der Waals surface area contributed by atoms with E-state index in [1.54, 1.807) is 41.0 Å². The highest BCUT2D eigenvalue weighted by Crippen LogP contribution is 2.37. The van der Waals surface area contributed by atoms with Crippen molar-refractivity contribution in [2.24, 2.45) is 0 Å². The second-order valence-corrected chi connectivity index (χ2v) is 6.13. The number of hydrogen-bond acceptors (Lipinski definition) is 4. The van der Waals surface area contributed by atoms with E-state index >= 15 is 0 Å². The van der Waals surface area contributed by atoms with Gasteiger partial charge in [0.2, 0.25) is 0 Å². The molecule has 4 amide bonds. The molecule has 2 atom stereocenters. The average Bonchev–Trinajstić information content (AvgIpc) is 2.93. The number of imide groups is 1. The van der Waals surface area contributed by atoms with Gasteiger partial charge in [0.1, 0.15) is 0 Å². The van der Waals surface area contributed by atoms with Crippen LogP contribution in [-0.4, -0.2) is 39.6 Å². The molecule has 0 saturated carbocycles. The molecule has 1 aliphatic heterocycles. The van der Waals surface area contributed by atoms with E-state index in [9.17, 15) is 27.6 Å². The van der Waals surface area contributed by atoms with Crippen LogP contribution in [0.2, 0.25) is 0 Å². The van der Waals surface area contributed by atoms with E-state index < -0.39 is 35.7 Å². The lowest BCUT2D eigenvalue weighted by molar-refractivity contribution is -0.200. The molecule has 28 heavy (non-hydrogen) atoms. The second-order valence-electron chi connectivity index (χ2n) is 6.13. The molecule has 1 saturated heterocycles. The van der Waals surface area contributed by atoms with Gasteiger partial charge in [0.15, 0.2) is 0 Å². The molecule has 10 heteroatoms. The summed E-state index contributed by atoms with van der Waals surface area (Å²) in [5, 5.41) is 3.27. The van der Waals surface area contributed by atoms with Gasteiger partial charge in [0.05, 0.1) is 6.04 Å². The van der Waals surface area contributed by atoms with E-state index in [2.05, 4.69) is 4.98 Å². The Labute approximate surface area is 157 Å². The first-order chi connectivity index (χ1) is 13.2. The summed E-state index contributed by atoms with van der Waals surface area (Å²) in [7, 11) is 0. The third-order valence-electron chi connectivity index (χ3n) is 4.39. The SMILES string of the molecule is CC(c1ccccc1)N1C(=O)N[C@](NC(=O)c2ccncc2)(C(F)(F)F)C1=O. The fourth-order valence-corrected chi connectivity index (χ4v) is 2.87. The summed E-state index contributed by atoms with van der Waals surface area (Å²) in [5.41, 5.74) is -3.24. The number of rotatable bonds is 4. The Hall–Kier alpha value is -3.43. The van der Waals surface area contributed by atoms with Crippen LogP contribution in [0.25, 0.3) is 0 Å². The van der Waals surface area contributed by atoms with E-state index in [1.165, 1.54) is 31.5 Å². The van der Waals surface area contributed by atoms with Gasteiger partial charge in [0, 0.05) is 18.0 Å². The van der Waals surface area contributed by atoms with Gasteiger partial charge in [0.25, 0.3) is 17.5 Å². The predicted molar refractivity (Wildman–Crippen MR) is 90.7 cm³/mol. The lowest BCUT2D eigenvalue weighted by Crippen LogP contribution is -2.69. The molecule has 0 aliphatic carbocycles. The topological polar surface area (TPSA) is 91.4 Å². The third kappa shape index (κ3) is 3.17. The highest BCUT2D eigenvalue weighted by molar-refractivity contribution is 6.10. The van der Waals surface area contributed by atoms with Crippen LogP contribution in [0.1, 0.15) is 28.9 Å². The van der Waals surface area contributed by atoms with E-state index in [0.717, 1.165) is 0 Å². The lowest BCUT2D eigenvalue weighted by atomic mass is 10.0. The summed E-state index contributed by atoms with van der Waals surface area (Å²) < 4.78 is 41.6. The van der Waals surface area contributed by atoms with Crippen LogP contribution in [0.4, 0.5) is 18.0 Å². The predicted octanol–water partition coefficient (Wildman–Crippen LogP) is 2.38. The number of nitrogens with one attached hydrogen (secondary N) is 2. The van der Waals surface area contributed by atoms with Gasteiger partial charge in [-0.1, -0.05) is 30.3 Å². The van der Waals surface area contributed by atoms with Gasteiger partial charge in [-0.2, -0.15) is 13.2 Å². The standard InChI is InChI=1S/C18H15F3N4O3/c1-11(12-5-3-2-4-6-12)25-15(27)17(18(19,20)21,24-16(25)28)23-14(26)13-7-9-22-10-8-13/h2-11H,1H3,(H,23,26)(H,24,28)/t11?,17-/m0/s1. The molecular formula is C18H15F3N4O3. The normalized spacial score (nSPS) is 20.6. The van der Waals surface area contributed by atoms with Gasteiger partial charge < -0.3 is 5.32 Å². The zero-order chi connectivity index (χ0) is 20.5. The maximum absolute atomic E-state index is 13.9. The highest BCUT2D eigenvalue weighted by Gasteiger charge is 2.69. The summed E-state index contributed by atoms with van der Waals surface area (Å²) in [6.45, 7) is 1.42. The van der Waals surface area contributed by atoms with Crippen molar-refractivity contribution in [3.63, 3.8) is 0 Å². The Balaban J connectivity index is 1.97. The summed E-state index contributed by atoms with van der Waals surface area (Å²) in [4.78, 5) is 41.5. The van der Waals surface area contributed by atoms with Crippen LogP contribution in [0, 0.1) is 0 Å². The van der Waals surface area contributed by atoms with Crippen molar-refractivity contribution in [3.8, 4) is 0 Å². The molecule has 2 heterocycles.